The number of nitro groups is 1. The van der Waals surface area contributed by atoms with Gasteiger partial charge in [-0.15, -0.1) is 0 Å². The highest BCUT2D eigenvalue weighted by Gasteiger charge is 2.22. The molecule has 1 aromatic carbocycles. The Bertz CT molecular complexity index is 433. The van der Waals surface area contributed by atoms with Gasteiger partial charge in [0.1, 0.15) is 5.69 Å². The van der Waals surface area contributed by atoms with Crippen molar-refractivity contribution in [3.8, 4) is 0 Å². The Labute approximate surface area is 111 Å². The van der Waals surface area contributed by atoms with Crippen LogP contribution in [0.3, 0.4) is 0 Å². The number of aliphatic hydroxyl groups is 1. The van der Waals surface area contributed by atoms with Gasteiger partial charge in [-0.3, -0.25) is 10.1 Å². The first-order valence-corrected chi connectivity index (χ1v) is 6.08. The molecule has 5 nitrogen and oxygen atoms in total. The van der Waals surface area contributed by atoms with E-state index in [9.17, 15) is 15.2 Å². The molecular formula is C12H17ClN2O3. The number of rotatable bonds is 6. The summed E-state index contributed by atoms with van der Waals surface area (Å²) in [5.74, 6) is 0. The van der Waals surface area contributed by atoms with Gasteiger partial charge in [0.2, 0.25) is 0 Å². The Balaban J connectivity index is 2.90. The van der Waals surface area contributed by atoms with Crippen molar-refractivity contribution < 1.29 is 10.0 Å². The van der Waals surface area contributed by atoms with Gasteiger partial charge >= 0.3 is 0 Å². The van der Waals surface area contributed by atoms with Crippen molar-refractivity contribution >= 4 is 23.0 Å². The predicted molar refractivity (Wildman–Crippen MR) is 72.1 cm³/mol. The van der Waals surface area contributed by atoms with Crippen LogP contribution in [0.25, 0.3) is 0 Å². The molecule has 0 aliphatic carbocycles. The van der Waals surface area contributed by atoms with E-state index in [1.807, 2.05) is 13.8 Å². The average molecular weight is 273 g/mol. The Morgan fingerprint density at radius 1 is 1.56 bits per heavy atom. The minimum absolute atomic E-state index is 0.0178. The van der Waals surface area contributed by atoms with Gasteiger partial charge in [0.25, 0.3) is 5.69 Å². The summed E-state index contributed by atoms with van der Waals surface area (Å²) < 4.78 is 0. The summed E-state index contributed by atoms with van der Waals surface area (Å²) in [5, 5.41) is 23.6. The molecule has 0 aliphatic heterocycles. The Morgan fingerprint density at radius 3 is 2.72 bits per heavy atom. The van der Waals surface area contributed by atoms with E-state index < -0.39 is 4.92 Å². The molecule has 1 aromatic rings. The van der Waals surface area contributed by atoms with Crippen LogP contribution >= 0.6 is 11.6 Å². The third-order valence-electron chi connectivity index (χ3n) is 3.10. The summed E-state index contributed by atoms with van der Waals surface area (Å²) in [5.41, 5.74) is 0.0485. The zero-order valence-electron chi connectivity index (χ0n) is 10.4. The number of benzene rings is 1. The molecule has 2 N–H and O–H groups in total. The molecule has 0 radical (unpaired) electrons. The molecule has 0 amide bonds. The van der Waals surface area contributed by atoms with Crippen molar-refractivity contribution in [3.63, 3.8) is 0 Å². The van der Waals surface area contributed by atoms with Gasteiger partial charge in [-0.1, -0.05) is 25.4 Å². The Kier molecular flexibility index (Phi) is 4.93. The summed E-state index contributed by atoms with van der Waals surface area (Å²) in [4.78, 5) is 10.4. The maximum absolute atomic E-state index is 10.9. The van der Waals surface area contributed by atoms with Crippen LogP contribution in [0.5, 0.6) is 0 Å². The van der Waals surface area contributed by atoms with E-state index in [-0.39, 0.29) is 17.7 Å². The van der Waals surface area contributed by atoms with Crippen molar-refractivity contribution in [1.29, 1.82) is 0 Å². The lowest BCUT2D eigenvalue weighted by Gasteiger charge is -2.26. The summed E-state index contributed by atoms with van der Waals surface area (Å²) in [6, 6.07) is 4.37. The standard InChI is InChI=1S/C12H17ClN2O3/c1-3-12(2,8-16)7-14-10-6-9(13)4-5-11(10)15(17)18/h4-6,14,16H,3,7-8H2,1-2H3. The number of anilines is 1. The minimum atomic E-state index is -0.457. The zero-order chi connectivity index (χ0) is 13.8. The second-order valence-corrected chi connectivity index (χ2v) is 5.03. The van der Waals surface area contributed by atoms with Gasteiger partial charge in [0, 0.05) is 23.0 Å². The van der Waals surface area contributed by atoms with E-state index in [1.165, 1.54) is 18.2 Å². The maximum Gasteiger partial charge on any atom is 0.292 e. The molecule has 1 unspecified atom stereocenters. The van der Waals surface area contributed by atoms with E-state index in [4.69, 9.17) is 11.6 Å². The van der Waals surface area contributed by atoms with Crippen LogP contribution in [-0.4, -0.2) is 23.2 Å². The van der Waals surface area contributed by atoms with Crippen LogP contribution in [0.2, 0.25) is 5.02 Å². The fourth-order valence-electron chi connectivity index (χ4n) is 1.41. The van der Waals surface area contributed by atoms with Gasteiger partial charge in [0.05, 0.1) is 11.5 Å². The highest BCUT2D eigenvalue weighted by Crippen LogP contribution is 2.29. The highest BCUT2D eigenvalue weighted by atomic mass is 35.5. The fourth-order valence-corrected chi connectivity index (χ4v) is 1.58. The molecule has 18 heavy (non-hydrogen) atoms. The van der Waals surface area contributed by atoms with Gasteiger partial charge in [-0.2, -0.15) is 0 Å². The number of nitro benzene ring substituents is 1. The number of hydrogen-bond donors (Lipinski definition) is 2. The SMILES string of the molecule is CCC(C)(CO)CNc1cc(Cl)ccc1[N+](=O)[O-]. The topological polar surface area (TPSA) is 75.4 Å². The van der Waals surface area contributed by atoms with Crippen molar-refractivity contribution in [2.75, 3.05) is 18.5 Å². The first-order chi connectivity index (χ1) is 8.41. The van der Waals surface area contributed by atoms with Crippen molar-refractivity contribution in [2.45, 2.75) is 20.3 Å². The molecule has 0 aromatic heterocycles. The van der Waals surface area contributed by atoms with Crippen molar-refractivity contribution in [3.05, 3.63) is 33.3 Å². The fraction of sp³-hybridized carbons (Fsp3) is 0.500. The summed E-state index contributed by atoms with van der Waals surface area (Å²) in [6.45, 7) is 4.34. The Morgan fingerprint density at radius 2 is 2.22 bits per heavy atom. The monoisotopic (exact) mass is 272 g/mol. The molecule has 0 fully saturated rings. The lowest BCUT2D eigenvalue weighted by Crippen LogP contribution is -2.29. The maximum atomic E-state index is 10.9. The minimum Gasteiger partial charge on any atom is -0.396 e. The van der Waals surface area contributed by atoms with Gasteiger partial charge in [-0.25, -0.2) is 0 Å². The summed E-state index contributed by atoms with van der Waals surface area (Å²) in [7, 11) is 0. The molecule has 0 bridgehead atoms. The second kappa shape index (κ2) is 6.02. The predicted octanol–water partition coefficient (Wildman–Crippen LogP) is 3.07. The molecule has 0 heterocycles. The van der Waals surface area contributed by atoms with E-state index >= 15 is 0 Å². The molecule has 6 heteroatoms. The smallest absolute Gasteiger partial charge is 0.292 e. The third kappa shape index (κ3) is 3.58. The van der Waals surface area contributed by atoms with E-state index in [1.54, 1.807) is 0 Å². The van der Waals surface area contributed by atoms with Gasteiger partial charge < -0.3 is 10.4 Å². The van der Waals surface area contributed by atoms with E-state index in [0.29, 0.717) is 17.3 Å². The van der Waals surface area contributed by atoms with Crippen LogP contribution in [-0.2, 0) is 0 Å². The summed E-state index contributed by atoms with van der Waals surface area (Å²) in [6.07, 6.45) is 0.769. The van der Waals surface area contributed by atoms with Crippen LogP contribution in [0.15, 0.2) is 18.2 Å². The number of nitrogens with zero attached hydrogens (tertiary/aromatic N) is 1. The van der Waals surface area contributed by atoms with Gasteiger partial charge in [-0.05, 0) is 18.6 Å². The number of aliphatic hydroxyl groups excluding tert-OH is 1. The molecule has 0 aliphatic rings. The largest absolute Gasteiger partial charge is 0.396 e. The number of hydrogen-bond acceptors (Lipinski definition) is 4. The lowest BCUT2D eigenvalue weighted by atomic mass is 9.88. The van der Waals surface area contributed by atoms with Crippen LogP contribution in [0.1, 0.15) is 20.3 Å². The number of nitrogens with one attached hydrogen (secondary N) is 1. The van der Waals surface area contributed by atoms with Crippen molar-refractivity contribution in [1.82, 2.24) is 0 Å². The molecular weight excluding hydrogens is 256 g/mol. The Hall–Kier alpha value is -1.33. The molecule has 0 spiro atoms. The van der Waals surface area contributed by atoms with Crippen LogP contribution in [0, 0.1) is 15.5 Å². The number of halogens is 1. The van der Waals surface area contributed by atoms with Gasteiger partial charge in [0.15, 0.2) is 0 Å². The molecule has 1 rings (SSSR count). The average Bonchev–Trinajstić information content (AvgIpc) is 2.35. The van der Waals surface area contributed by atoms with E-state index in [2.05, 4.69) is 5.32 Å². The molecule has 1 atom stereocenters. The second-order valence-electron chi connectivity index (χ2n) is 4.59. The molecule has 0 saturated carbocycles. The lowest BCUT2D eigenvalue weighted by molar-refractivity contribution is -0.384. The molecule has 0 saturated heterocycles. The van der Waals surface area contributed by atoms with E-state index in [0.717, 1.165) is 6.42 Å². The quantitative estimate of drug-likeness (QED) is 0.616. The first kappa shape index (κ1) is 14.7. The normalized spacial score (nSPS) is 14.0. The third-order valence-corrected chi connectivity index (χ3v) is 3.33. The zero-order valence-corrected chi connectivity index (χ0v) is 11.2. The van der Waals surface area contributed by atoms with Crippen LogP contribution < -0.4 is 5.32 Å². The molecule has 100 valence electrons. The first-order valence-electron chi connectivity index (χ1n) is 5.70. The summed E-state index contributed by atoms with van der Waals surface area (Å²) >= 11 is 5.83. The van der Waals surface area contributed by atoms with Crippen molar-refractivity contribution in [2.24, 2.45) is 5.41 Å². The van der Waals surface area contributed by atoms with Crippen LogP contribution in [0.4, 0.5) is 11.4 Å². The highest BCUT2D eigenvalue weighted by molar-refractivity contribution is 6.31.